The number of carbonyl (C=O) groups is 1. The van der Waals surface area contributed by atoms with E-state index in [2.05, 4.69) is 16.1 Å². The van der Waals surface area contributed by atoms with Gasteiger partial charge in [0.05, 0.1) is 10.1 Å². The van der Waals surface area contributed by atoms with Crippen molar-refractivity contribution in [1.29, 1.82) is 0 Å². The molecule has 0 aromatic heterocycles. The summed E-state index contributed by atoms with van der Waals surface area (Å²) in [6.45, 7) is 9.45. The molecule has 0 saturated carbocycles. The van der Waals surface area contributed by atoms with Crippen molar-refractivity contribution >= 4 is 33.4 Å². The Labute approximate surface area is 166 Å². The Morgan fingerprint density at radius 1 is 1.00 bits per heavy atom. The summed E-state index contributed by atoms with van der Waals surface area (Å²) in [4.78, 5) is 13.7. The molecule has 7 heteroatoms. The van der Waals surface area contributed by atoms with Crippen LogP contribution in [0.15, 0.2) is 52.3 Å². The van der Waals surface area contributed by atoms with Crippen LogP contribution in [0.2, 0.25) is 0 Å². The molecule has 0 saturated heterocycles. The molecule has 146 valence electrons. The SMILES string of the molecule is Cc1ccc(SC(C)C(=O)Nc2ccc(S(=O)(=O)NC(C)C)cc2)c(C)c1. The van der Waals surface area contributed by atoms with E-state index in [0.29, 0.717) is 5.69 Å². The third-order valence-corrected chi connectivity index (χ3v) is 6.78. The average Bonchev–Trinajstić information content (AvgIpc) is 2.56. The minimum atomic E-state index is -3.54. The van der Waals surface area contributed by atoms with Gasteiger partial charge >= 0.3 is 0 Å². The molecule has 5 nitrogen and oxygen atoms in total. The summed E-state index contributed by atoms with van der Waals surface area (Å²) in [6.07, 6.45) is 0. The summed E-state index contributed by atoms with van der Waals surface area (Å²) in [5.41, 5.74) is 2.90. The van der Waals surface area contributed by atoms with Crippen LogP contribution in [0.3, 0.4) is 0 Å². The van der Waals surface area contributed by atoms with Crippen molar-refractivity contribution in [1.82, 2.24) is 4.72 Å². The van der Waals surface area contributed by atoms with E-state index in [0.717, 1.165) is 10.5 Å². The quantitative estimate of drug-likeness (QED) is 0.679. The van der Waals surface area contributed by atoms with Gasteiger partial charge in [0.2, 0.25) is 15.9 Å². The van der Waals surface area contributed by atoms with Gasteiger partial charge in [0, 0.05) is 16.6 Å². The maximum absolute atomic E-state index is 12.5. The van der Waals surface area contributed by atoms with Crippen LogP contribution in [0, 0.1) is 13.8 Å². The minimum Gasteiger partial charge on any atom is -0.325 e. The molecule has 2 N–H and O–H groups in total. The van der Waals surface area contributed by atoms with Gasteiger partial charge < -0.3 is 5.32 Å². The third kappa shape index (κ3) is 6.09. The summed E-state index contributed by atoms with van der Waals surface area (Å²) >= 11 is 1.50. The molecule has 2 aromatic carbocycles. The van der Waals surface area contributed by atoms with Crippen LogP contribution in [0.5, 0.6) is 0 Å². The van der Waals surface area contributed by atoms with Crippen LogP contribution in [-0.2, 0) is 14.8 Å². The molecule has 0 fully saturated rings. The number of nitrogens with one attached hydrogen (secondary N) is 2. The number of amides is 1. The second kappa shape index (κ2) is 8.91. The number of aryl methyl sites for hydroxylation is 2. The lowest BCUT2D eigenvalue weighted by Crippen LogP contribution is -2.30. The highest BCUT2D eigenvalue weighted by atomic mass is 32.2. The minimum absolute atomic E-state index is 0.129. The first-order valence-corrected chi connectivity index (χ1v) is 11.1. The van der Waals surface area contributed by atoms with Gasteiger partial charge in [0.25, 0.3) is 0 Å². The van der Waals surface area contributed by atoms with Gasteiger partial charge in [-0.3, -0.25) is 4.79 Å². The maximum atomic E-state index is 12.5. The van der Waals surface area contributed by atoms with Crippen LogP contribution < -0.4 is 10.0 Å². The highest BCUT2D eigenvalue weighted by Gasteiger charge is 2.17. The topological polar surface area (TPSA) is 75.3 Å². The predicted octanol–water partition coefficient (Wildman–Crippen LogP) is 4.11. The molecule has 0 heterocycles. The highest BCUT2D eigenvalue weighted by molar-refractivity contribution is 8.00. The number of sulfonamides is 1. The standard InChI is InChI=1S/C20H26N2O3S2/c1-13(2)22-27(24,25)18-9-7-17(8-10-18)21-20(23)16(5)26-19-11-6-14(3)12-15(19)4/h6-13,16,22H,1-5H3,(H,21,23). The normalized spacial score (nSPS) is 12.8. The van der Waals surface area contributed by atoms with E-state index in [9.17, 15) is 13.2 Å². The van der Waals surface area contributed by atoms with Gasteiger partial charge in [-0.1, -0.05) is 17.7 Å². The van der Waals surface area contributed by atoms with Crippen molar-refractivity contribution in [2.45, 2.75) is 55.7 Å². The molecule has 0 aliphatic carbocycles. The number of thioether (sulfide) groups is 1. The van der Waals surface area contributed by atoms with Crippen LogP contribution in [0.1, 0.15) is 31.9 Å². The molecule has 1 unspecified atom stereocenters. The molecule has 0 bridgehead atoms. The fourth-order valence-corrected chi connectivity index (χ4v) is 4.70. The van der Waals surface area contributed by atoms with E-state index in [1.165, 1.54) is 29.5 Å². The summed E-state index contributed by atoms with van der Waals surface area (Å²) in [7, 11) is -3.54. The van der Waals surface area contributed by atoms with Crippen molar-refractivity contribution in [3.63, 3.8) is 0 Å². The second-order valence-electron chi connectivity index (χ2n) is 6.82. The lowest BCUT2D eigenvalue weighted by molar-refractivity contribution is -0.115. The van der Waals surface area contributed by atoms with Gasteiger partial charge in [-0.05, 0) is 70.5 Å². The number of rotatable bonds is 7. The molecule has 0 aliphatic rings. The van der Waals surface area contributed by atoms with Gasteiger partial charge in [-0.15, -0.1) is 11.8 Å². The Hall–Kier alpha value is -1.83. The first kappa shape index (κ1) is 21.5. The first-order chi connectivity index (χ1) is 12.6. The molecule has 0 radical (unpaired) electrons. The van der Waals surface area contributed by atoms with Gasteiger partial charge in [0.1, 0.15) is 0 Å². The largest absolute Gasteiger partial charge is 0.325 e. The molecule has 1 amide bonds. The fraction of sp³-hybridized carbons (Fsp3) is 0.350. The second-order valence-corrected chi connectivity index (χ2v) is 9.92. The van der Waals surface area contributed by atoms with E-state index in [1.54, 1.807) is 26.0 Å². The zero-order valence-corrected chi connectivity index (χ0v) is 17.9. The molecule has 1 atom stereocenters. The lowest BCUT2D eigenvalue weighted by Gasteiger charge is -2.14. The van der Waals surface area contributed by atoms with E-state index >= 15 is 0 Å². The summed E-state index contributed by atoms with van der Waals surface area (Å²) in [5.74, 6) is -0.129. The van der Waals surface area contributed by atoms with Crippen molar-refractivity contribution in [2.24, 2.45) is 0 Å². The van der Waals surface area contributed by atoms with Crippen LogP contribution >= 0.6 is 11.8 Å². The van der Waals surface area contributed by atoms with E-state index in [1.807, 2.05) is 32.9 Å². The van der Waals surface area contributed by atoms with Crippen molar-refractivity contribution in [3.8, 4) is 0 Å². The van der Waals surface area contributed by atoms with Crippen molar-refractivity contribution in [2.75, 3.05) is 5.32 Å². The Morgan fingerprint density at radius 3 is 2.19 bits per heavy atom. The monoisotopic (exact) mass is 406 g/mol. The molecule has 0 spiro atoms. The summed E-state index contributed by atoms with van der Waals surface area (Å²) in [5, 5.41) is 2.56. The Kier molecular flexibility index (Phi) is 7.08. The number of carbonyl (C=O) groups excluding carboxylic acids is 1. The Morgan fingerprint density at radius 2 is 1.63 bits per heavy atom. The summed E-state index contributed by atoms with van der Waals surface area (Å²) in [6, 6.07) is 12.1. The number of anilines is 1. The fourth-order valence-electron chi connectivity index (χ4n) is 2.52. The van der Waals surface area contributed by atoms with Crippen LogP contribution in [0.25, 0.3) is 0 Å². The zero-order chi connectivity index (χ0) is 20.2. The van der Waals surface area contributed by atoms with E-state index in [-0.39, 0.29) is 22.1 Å². The number of hydrogen-bond donors (Lipinski definition) is 2. The smallest absolute Gasteiger partial charge is 0.240 e. The van der Waals surface area contributed by atoms with Crippen LogP contribution in [-0.4, -0.2) is 25.6 Å². The van der Waals surface area contributed by atoms with E-state index < -0.39 is 10.0 Å². The highest BCUT2D eigenvalue weighted by Crippen LogP contribution is 2.28. The van der Waals surface area contributed by atoms with E-state index in [4.69, 9.17) is 0 Å². The first-order valence-electron chi connectivity index (χ1n) is 8.75. The number of benzene rings is 2. The van der Waals surface area contributed by atoms with Crippen molar-refractivity contribution in [3.05, 3.63) is 53.6 Å². The average molecular weight is 407 g/mol. The molecule has 2 aromatic rings. The molecular weight excluding hydrogens is 380 g/mol. The zero-order valence-electron chi connectivity index (χ0n) is 16.2. The van der Waals surface area contributed by atoms with Gasteiger partial charge in [-0.2, -0.15) is 0 Å². The van der Waals surface area contributed by atoms with Gasteiger partial charge in [0.15, 0.2) is 0 Å². The maximum Gasteiger partial charge on any atom is 0.240 e. The van der Waals surface area contributed by atoms with Crippen molar-refractivity contribution < 1.29 is 13.2 Å². The number of hydrogen-bond acceptors (Lipinski definition) is 4. The van der Waals surface area contributed by atoms with Crippen LogP contribution in [0.4, 0.5) is 5.69 Å². The lowest BCUT2D eigenvalue weighted by atomic mass is 10.2. The third-order valence-electron chi connectivity index (χ3n) is 3.83. The molecule has 2 rings (SSSR count). The summed E-state index contributed by atoms with van der Waals surface area (Å²) < 4.78 is 26.8. The Balaban J connectivity index is 2.02. The predicted molar refractivity (Wildman–Crippen MR) is 112 cm³/mol. The Bertz CT molecular complexity index is 907. The molecule has 27 heavy (non-hydrogen) atoms. The molecular formula is C20H26N2O3S2. The van der Waals surface area contributed by atoms with Gasteiger partial charge in [-0.25, -0.2) is 13.1 Å². The molecule has 0 aliphatic heterocycles.